The fraction of sp³-hybridized carbons (Fsp3) is 0.643. The lowest BCUT2D eigenvalue weighted by Gasteiger charge is -2.42. The van der Waals surface area contributed by atoms with Crippen LogP contribution in [0.3, 0.4) is 0 Å². The van der Waals surface area contributed by atoms with E-state index in [9.17, 15) is 0 Å². The molecule has 0 fully saturated rings. The predicted molar refractivity (Wildman–Crippen MR) is 144 cm³/mol. The van der Waals surface area contributed by atoms with Gasteiger partial charge in [-0.15, -0.1) is 0 Å². The number of benzene rings is 2. The minimum absolute atomic E-state index is 0.147. The summed E-state index contributed by atoms with van der Waals surface area (Å²) < 4.78 is 0. The van der Waals surface area contributed by atoms with Crippen LogP contribution in [-0.4, -0.2) is 20.6 Å². The predicted octanol–water partition coefficient (Wildman–Crippen LogP) is 10.00. The summed E-state index contributed by atoms with van der Waals surface area (Å²) in [5, 5.41) is 4.26. The Bertz CT molecular complexity index is 823. The van der Waals surface area contributed by atoms with E-state index in [0.29, 0.717) is 20.6 Å². The molecular weight excluding hydrogens is 398 g/mol. The van der Waals surface area contributed by atoms with E-state index in [1.54, 1.807) is 5.56 Å². The van der Waals surface area contributed by atoms with E-state index < -0.39 is 0 Å². The summed E-state index contributed by atoms with van der Waals surface area (Å²) >= 11 is 0. The molecular formula is C28H46P2. The van der Waals surface area contributed by atoms with E-state index in [-0.39, 0.29) is 15.8 Å². The Labute approximate surface area is 190 Å². The second-order valence-corrected chi connectivity index (χ2v) is 20.5. The number of fused-ring (bicyclic) bond motifs is 1. The van der Waals surface area contributed by atoms with Crippen molar-refractivity contribution in [3.05, 3.63) is 47.5 Å². The van der Waals surface area contributed by atoms with Gasteiger partial charge in [0.25, 0.3) is 0 Å². The fourth-order valence-corrected chi connectivity index (χ4v) is 12.1. The van der Waals surface area contributed by atoms with E-state index in [4.69, 9.17) is 0 Å². The molecule has 2 aromatic carbocycles. The first-order valence-electron chi connectivity index (χ1n) is 11.5. The molecule has 0 aromatic heterocycles. The van der Waals surface area contributed by atoms with E-state index >= 15 is 0 Å². The molecule has 30 heavy (non-hydrogen) atoms. The maximum Gasteiger partial charge on any atom is -0.00574 e. The number of hydrogen-bond acceptors (Lipinski definition) is 0. The van der Waals surface area contributed by atoms with Crippen molar-refractivity contribution in [1.82, 2.24) is 0 Å². The van der Waals surface area contributed by atoms with Crippen LogP contribution in [0.2, 0.25) is 0 Å². The van der Waals surface area contributed by atoms with Crippen LogP contribution in [0.4, 0.5) is 0 Å². The summed E-state index contributed by atoms with van der Waals surface area (Å²) in [5.74, 6) is 0. The Balaban J connectivity index is 2.58. The zero-order valence-electron chi connectivity index (χ0n) is 21.8. The van der Waals surface area contributed by atoms with E-state index in [0.717, 1.165) is 0 Å². The normalized spacial score (nSPS) is 14.2. The van der Waals surface area contributed by atoms with E-state index in [2.05, 4.69) is 119 Å². The first-order valence-corrected chi connectivity index (χ1v) is 14.5. The molecule has 0 bridgehead atoms. The van der Waals surface area contributed by atoms with Gasteiger partial charge in [-0.2, -0.15) is 0 Å². The summed E-state index contributed by atoms with van der Waals surface area (Å²) in [4.78, 5) is 0. The Morgan fingerprint density at radius 2 is 1.00 bits per heavy atom. The molecule has 0 nitrogen and oxygen atoms in total. The highest BCUT2D eigenvalue weighted by molar-refractivity contribution is 7.60. The Morgan fingerprint density at radius 3 is 1.47 bits per heavy atom. The molecule has 0 saturated carbocycles. The maximum absolute atomic E-state index is 2.57. The minimum Gasteiger partial charge on any atom is -0.0911 e. The zero-order chi connectivity index (χ0) is 23.1. The van der Waals surface area contributed by atoms with Gasteiger partial charge in [0.1, 0.15) is 0 Å². The molecule has 0 heterocycles. The molecule has 2 rings (SSSR count). The van der Waals surface area contributed by atoms with Gasteiger partial charge in [-0.05, 0) is 54.8 Å². The second-order valence-electron chi connectivity index (χ2n) is 12.8. The van der Waals surface area contributed by atoms with Crippen molar-refractivity contribution in [3.63, 3.8) is 0 Å². The van der Waals surface area contributed by atoms with Gasteiger partial charge < -0.3 is 0 Å². The average molecular weight is 445 g/mol. The highest BCUT2D eigenvalue weighted by atomic mass is 31.1. The molecule has 0 N–H and O–H groups in total. The topological polar surface area (TPSA) is 0 Å². The van der Waals surface area contributed by atoms with Crippen LogP contribution < -0.4 is 0 Å². The van der Waals surface area contributed by atoms with E-state index in [1.807, 2.05) is 0 Å². The highest BCUT2D eigenvalue weighted by Crippen LogP contribution is 2.63. The largest absolute Gasteiger partial charge is 0.0911 e. The second kappa shape index (κ2) is 8.83. The van der Waals surface area contributed by atoms with E-state index in [1.165, 1.54) is 28.7 Å². The van der Waals surface area contributed by atoms with Crippen molar-refractivity contribution in [3.8, 4) is 0 Å². The zero-order valence-corrected chi connectivity index (χ0v) is 23.6. The molecule has 168 valence electrons. The Morgan fingerprint density at radius 1 is 0.567 bits per heavy atom. The molecule has 2 aromatic rings. The standard InChI is InChI=1S/C28H46P2/c1-25(2,3)29(26(4,5)6)19-21-17-22-15-13-14-16-24(22)23(18-21)20-30(27(7,8)9)28(10,11)12/h13-18H,19-20H2,1-12H3. The molecule has 0 aliphatic rings. The minimum atomic E-state index is -0.165. The average Bonchev–Trinajstić information content (AvgIpc) is 2.53. The van der Waals surface area contributed by atoms with Gasteiger partial charge >= 0.3 is 0 Å². The van der Waals surface area contributed by atoms with Crippen molar-refractivity contribution >= 4 is 26.6 Å². The van der Waals surface area contributed by atoms with Crippen molar-refractivity contribution in [2.75, 3.05) is 0 Å². The third-order valence-corrected chi connectivity index (χ3v) is 13.7. The molecule has 0 amide bonds. The summed E-state index contributed by atoms with van der Waals surface area (Å²) in [6, 6.07) is 14.1. The van der Waals surface area contributed by atoms with Gasteiger partial charge in [-0.1, -0.05) is 135 Å². The first-order chi connectivity index (χ1) is 13.4. The monoisotopic (exact) mass is 444 g/mol. The summed E-state index contributed by atoms with van der Waals surface area (Å²) in [7, 11) is -0.312. The molecule has 0 atom stereocenters. The Kier molecular flexibility index (Phi) is 7.60. The molecule has 0 aliphatic heterocycles. The molecule has 0 unspecified atom stereocenters. The summed E-state index contributed by atoms with van der Waals surface area (Å²) in [5.41, 5.74) is 3.11. The molecule has 0 aliphatic carbocycles. The third-order valence-electron chi connectivity index (χ3n) is 5.92. The molecule has 0 radical (unpaired) electrons. The van der Waals surface area contributed by atoms with Crippen LogP contribution in [0.25, 0.3) is 10.8 Å². The van der Waals surface area contributed by atoms with Crippen molar-refractivity contribution in [1.29, 1.82) is 0 Å². The van der Waals surface area contributed by atoms with Crippen molar-refractivity contribution in [2.24, 2.45) is 0 Å². The maximum atomic E-state index is 2.57. The van der Waals surface area contributed by atoms with Crippen LogP contribution in [0.1, 0.15) is 94.2 Å². The fourth-order valence-electron chi connectivity index (χ4n) is 4.99. The SMILES string of the molecule is CC(C)(C)P(Cc1cc(CP(C(C)(C)C)C(C)(C)C)c2ccccc2c1)C(C)(C)C. The van der Waals surface area contributed by atoms with Crippen LogP contribution in [0, 0.1) is 0 Å². The van der Waals surface area contributed by atoms with Gasteiger partial charge in [0, 0.05) is 0 Å². The van der Waals surface area contributed by atoms with Crippen LogP contribution in [-0.2, 0) is 12.3 Å². The van der Waals surface area contributed by atoms with Gasteiger partial charge in [0.2, 0.25) is 0 Å². The number of hydrogen-bond donors (Lipinski definition) is 0. The lowest BCUT2D eigenvalue weighted by Crippen LogP contribution is -2.26. The molecule has 2 heteroatoms. The van der Waals surface area contributed by atoms with Gasteiger partial charge in [-0.25, -0.2) is 0 Å². The third kappa shape index (κ3) is 6.53. The molecule has 0 saturated heterocycles. The molecule has 0 spiro atoms. The lowest BCUT2D eigenvalue weighted by molar-refractivity contribution is 0.702. The summed E-state index contributed by atoms with van der Waals surface area (Å²) in [6.45, 7) is 29.2. The van der Waals surface area contributed by atoms with Crippen molar-refractivity contribution in [2.45, 2.75) is 116 Å². The Hall–Kier alpha value is -0.440. The highest BCUT2D eigenvalue weighted by Gasteiger charge is 2.36. The van der Waals surface area contributed by atoms with Gasteiger partial charge in [0.05, 0.1) is 0 Å². The number of rotatable bonds is 4. The summed E-state index contributed by atoms with van der Waals surface area (Å²) in [6.07, 6.45) is 2.42. The quantitative estimate of drug-likeness (QED) is 0.412. The van der Waals surface area contributed by atoms with Gasteiger partial charge in [0.15, 0.2) is 0 Å². The van der Waals surface area contributed by atoms with Crippen molar-refractivity contribution < 1.29 is 0 Å². The van der Waals surface area contributed by atoms with Gasteiger partial charge in [-0.3, -0.25) is 0 Å². The first kappa shape index (κ1) is 25.8. The smallest absolute Gasteiger partial charge is 0.00574 e. The van der Waals surface area contributed by atoms with Crippen LogP contribution >= 0.6 is 15.8 Å². The lowest BCUT2D eigenvalue weighted by atomic mass is 10.0. The van der Waals surface area contributed by atoms with Crippen LogP contribution in [0.15, 0.2) is 36.4 Å². The van der Waals surface area contributed by atoms with Crippen LogP contribution in [0.5, 0.6) is 0 Å².